The van der Waals surface area contributed by atoms with Crippen molar-refractivity contribution in [3.63, 3.8) is 0 Å². The van der Waals surface area contributed by atoms with Crippen LogP contribution in [0.3, 0.4) is 0 Å². The van der Waals surface area contributed by atoms with Crippen LogP contribution < -0.4 is 15.4 Å². The van der Waals surface area contributed by atoms with Crippen molar-refractivity contribution in [2.45, 2.75) is 18.9 Å². The Hall–Kier alpha value is -2.33. The van der Waals surface area contributed by atoms with Crippen LogP contribution in [-0.2, 0) is 23.5 Å². The second-order valence-corrected chi connectivity index (χ2v) is 7.04. The summed E-state index contributed by atoms with van der Waals surface area (Å²) in [6.07, 6.45) is 2.08. The van der Waals surface area contributed by atoms with E-state index in [0.717, 1.165) is 24.3 Å². The Labute approximate surface area is 182 Å². The molecule has 28 heavy (non-hydrogen) atoms. The summed E-state index contributed by atoms with van der Waals surface area (Å²) in [5.74, 6) is 0.878. The molecule has 0 saturated carbocycles. The first-order valence-corrected chi connectivity index (χ1v) is 9.53. The number of fused-ring (bicyclic) bond motifs is 2. The molecule has 5 rings (SSSR count). The zero-order valence-corrected chi connectivity index (χ0v) is 17.5. The predicted octanol–water partition coefficient (Wildman–Crippen LogP) is 4.69. The summed E-state index contributed by atoms with van der Waals surface area (Å²) >= 11 is 5.43. The van der Waals surface area contributed by atoms with E-state index in [2.05, 4.69) is 47.0 Å². The van der Waals surface area contributed by atoms with E-state index >= 15 is 0 Å². The summed E-state index contributed by atoms with van der Waals surface area (Å²) in [7, 11) is 1.70. The molecule has 5 heteroatoms. The van der Waals surface area contributed by atoms with E-state index in [1.54, 1.807) is 7.11 Å². The molecule has 1 aliphatic carbocycles. The Kier molecular flexibility index (Phi) is 6.74. The third-order valence-electron chi connectivity index (χ3n) is 5.01. The van der Waals surface area contributed by atoms with Gasteiger partial charge in [0.25, 0.3) is 0 Å². The van der Waals surface area contributed by atoms with Crippen LogP contribution in [0.5, 0.6) is 5.75 Å². The molecule has 0 aromatic heterocycles. The van der Waals surface area contributed by atoms with Gasteiger partial charge in [0.2, 0.25) is 0 Å². The van der Waals surface area contributed by atoms with Gasteiger partial charge in [-0.25, -0.2) is 24.3 Å². The number of nitrogens with one attached hydrogen (secondary N) is 2. The number of hydrogen-bond acceptors (Lipinski definition) is 2. The molecule has 144 valence electrons. The SMILES string of the molecule is COc1ccc2c(c1)C1=C(CC2)C(c2ccc[cH-]2)NC(=S)N1.[Fe+2].c1cc[cH-]c1. The summed E-state index contributed by atoms with van der Waals surface area (Å²) in [4.78, 5) is 0. The van der Waals surface area contributed by atoms with Gasteiger partial charge in [0.15, 0.2) is 5.11 Å². The monoisotopic (exact) mass is 430 g/mol. The van der Waals surface area contributed by atoms with E-state index in [1.165, 1.54) is 22.3 Å². The third kappa shape index (κ3) is 4.22. The summed E-state index contributed by atoms with van der Waals surface area (Å²) < 4.78 is 5.39. The smallest absolute Gasteiger partial charge is 0.497 e. The molecule has 0 spiro atoms. The maximum absolute atomic E-state index is 5.43. The van der Waals surface area contributed by atoms with Crippen LogP contribution in [0.15, 0.2) is 78.4 Å². The van der Waals surface area contributed by atoms with E-state index < -0.39 is 0 Å². The van der Waals surface area contributed by atoms with Gasteiger partial charge in [0.1, 0.15) is 5.75 Å². The molecule has 1 heterocycles. The largest absolute Gasteiger partial charge is 2.00 e. The predicted molar refractivity (Wildman–Crippen MR) is 114 cm³/mol. The van der Waals surface area contributed by atoms with Crippen LogP contribution in [-0.4, -0.2) is 12.2 Å². The van der Waals surface area contributed by atoms with Crippen LogP contribution in [0.4, 0.5) is 0 Å². The van der Waals surface area contributed by atoms with Gasteiger partial charge < -0.3 is 15.4 Å². The average Bonchev–Trinajstić information content (AvgIpc) is 3.43. The normalized spacial score (nSPS) is 17.0. The number of methoxy groups -OCH3 is 1. The fraction of sp³-hybridized carbons (Fsp3) is 0.174. The van der Waals surface area contributed by atoms with Gasteiger partial charge >= 0.3 is 17.1 Å². The zero-order valence-electron chi connectivity index (χ0n) is 15.6. The molecule has 0 amide bonds. The quantitative estimate of drug-likeness (QED) is 0.351. The van der Waals surface area contributed by atoms with Crippen LogP contribution >= 0.6 is 12.2 Å². The minimum atomic E-state index is 0. The van der Waals surface area contributed by atoms with Crippen molar-refractivity contribution in [1.29, 1.82) is 0 Å². The second-order valence-electron chi connectivity index (χ2n) is 6.64. The Bertz CT molecular complexity index is 928. The molecule has 1 aliphatic heterocycles. The molecule has 3 aromatic carbocycles. The molecule has 0 saturated heterocycles. The Morgan fingerprint density at radius 2 is 1.89 bits per heavy atom. The van der Waals surface area contributed by atoms with Gasteiger partial charge in [0, 0.05) is 11.3 Å². The van der Waals surface area contributed by atoms with E-state index in [4.69, 9.17) is 17.0 Å². The first kappa shape index (κ1) is 20.4. The number of ether oxygens (including phenoxy) is 1. The summed E-state index contributed by atoms with van der Waals surface area (Å²) in [5.41, 5.74) is 6.34. The molecule has 3 nitrogen and oxygen atoms in total. The van der Waals surface area contributed by atoms with Crippen molar-refractivity contribution in [3.8, 4) is 5.75 Å². The minimum Gasteiger partial charge on any atom is -0.497 e. The number of thiocarbonyl (C=S) groups is 1. The maximum Gasteiger partial charge on any atom is 2.00 e. The van der Waals surface area contributed by atoms with Gasteiger partial charge in [-0.2, -0.15) is 30.3 Å². The van der Waals surface area contributed by atoms with Crippen molar-refractivity contribution in [2.75, 3.05) is 7.11 Å². The minimum absolute atomic E-state index is 0. The topological polar surface area (TPSA) is 33.3 Å². The van der Waals surface area contributed by atoms with E-state index in [0.29, 0.717) is 5.11 Å². The fourth-order valence-corrected chi connectivity index (χ4v) is 3.91. The van der Waals surface area contributed by atoms with Crippen molar-refractivity contribution >= 4 is 23.0 Å². The summed E-state index contributed by atoms with van der Waals surface area (Å²) in [6.45, 7) is 0. The van der Waals surface area contributed by atoms with Gasteiger partial charge in [-0.05, 0) is 48.3 Å². The van der Waals surface area contributed by atoms with Crippen molar-refractivity contribution in [2.24, 2.45) is 0 Å². The second kappa shape index (κ2) is 9.24. The Morgan fingerprint density at radius 3 is 2.54 bits per heavy atom. The van der Waals surface area contributed by atoms with Gasteiger partial charge in [-0.15, -0.1) is 5.56 Å². The van der Waals surface area contributed by atoms with Crippen molar-refractivity contribution < 1.29 is 21.8 Å². The van der Waals surface area contributed by atoms with E-state index in [1.807, 2.05) is 36.4 Å². The molecule has 0 bridgehead atoms. The molecule has 0 fully saturated rings. The maximum atomic E-state index is 5.43. The average molecular weight is 430 g/mol. The summed E-state index contributed by atoms with van der Waals surface area (Å²) in [5, 5.41) is 7.45. The van der Waals surface area contributed by atoms with Gasteiger partial charge in [-0.1, -0.05) is 6.07 Å². The van der Waals surface area contributed by atoms with Crippen LogP contribution in [0.1, 0.15) is 29.2 Å². The van der Waals surface area contributed by atoms with E-state index in [9.17, 15) is 0 Å². The molecule has 2 N–H and O–H groups in total. The number of rotatable bonds is 2. The molecule has 1 unspecified atom stereocenters. The standard InChI is InChI=1S/C18H17N2OS.C5H5.Fe/c1-21-13-8-6-11-7-9-14-16(12-4-2-3-5-12)19-18(22)20-17(14)15(11)10-13;1-2-4-5-3-1;/h2-6,8,10,16H,7,9H2,1H3,(H2,19,20,22);1-5H;/q2*-1;+2. The van der Waals surface area contributed by atoms with Gasteiger partial charge in [-0.3, -0.25) is 0 Å². The van der Waals surface area contributed by atoms with Gasteiger partial charge in [0.05, 0.1) is 13.2 Å². The number of benzene rings is 1. The fourth-order valence-electron chi connectivity index (χ4n) is 3.69. The number of aryl methyl sites for hydroxylation is 1. The van der Waals surface area contributed by atoms with Crippen LogP contribution in [0.2, 0.25) is 0 Å². The Balaban J connectivity index is 0.000000329. The molecular weight excluding hydrogens is 408 g/mol. The van der Waals surface area contributed by atoms with E-state index in [-0.39, 0.29) is 23.1 Å². The summed E-state index contributed by atoms with van der Waals surface area (Å²) in [6, 6.07) is 24.9. The van der Waals surface area contributed by atoms with Crippen molar-refractivity contribution in [3.05, 3.63) is 95.1 Å². The molecule has 3 aromatic rings. The molecule has 2 aliphatic rings. The van der Waals surface area contributed by atoms with Crippen LogP contribution in [0.25, 0.3) is 5.70 Å². The third-order valence-corrected chi connectivity index (χ3v) is 5.23. The molecular formula is C23H22FeN2OS. The van der Waals surface area contributed by atoms with Crippen molar-refractivity contribution in [1.82, 2.24) is 10.6 Å². The molecule has 1 atom stereocenters. The first-order chi connectivity index (χ1) is 13.3. The van der Waals surface area contributed by atoms with Crippen LogP contribution in [0, 0.1) is 0 Å². The number of hydrogen-bond donors (Lipinski definition) is 2. The Morgan fingerprint density at radius 1 is 1.07 bits per heavy atom. The molecule has 0 radical (unpaired) electrons. The zero-order chi connectivity index (χ0) is 18.6. The first-order valence-electron chi connectivity index (χ1n) is 9.12.